The number of methoxy groups -OCH3 is 2. The number of anilines is 1. The van der Waals surface area contributed by atoms with Crippen molar-refractivity contribution in [3.63, 3.8) is 0 Å². The van der Waals surface area contributed by atoms with Crippen LogP contribution in [0.1, 0.15) is 10.4 Å². The Kier molecular flexibility index (Phi) is 4.55. The zero-order valence-corrected chi connectivity index (χ0v) is 14.3. The lowest BCUT2D eigenvalue weighted by atomic mass is 10.2. The van der Waals surface area contributed by atoms with E-state index in [4.69, 9.17) is 21.1 Å². The molecule has 0 saturated carbocycles. The van der Waals surface area contributed by atoms with Crippen molar-refractivity contribution >= 4 is 44.2 Å². The molecule has 1 N–H and O–H groups in total. The predicted octanol–water partition coefficient (Wildman–Crippen LogP) is 4.36. The molecule has 124 valence electrons. The number of carbonyl (C=O) groups is 1. The van der Waals surface area contributed by atoms with E-state index in [-0.39, 0.29) is 10.6 Å². The van der Waals surface area contributed by atoms with Gasteiger partial charge in [0.1, 0.15) is 5.82 Å². The predicted molar refractivity (Wildman–Crippen MR) is 92.1 cm³/mol. The second-order valence-electron chi connectivity index (χ2n) is 4.77. The number of fused-ring (bicyclic) bond motifs is 1. The van der Waals surface area contributed by atoms with Crippen LogP contribution in [0.5, 0.6) is 11.5 Å². The van der Waals surface area contributed by atoms with Gasteiger partial charge in [-0.05, 0) is 18.2 Å². The van der Waals surface area contributed by atoms with Crippen molar-refractivity contribution in [1.82, 2.24) is 4.98 Å². The molecule has 0 aliphatic carbocycles. The zero-order valence-electron chi connectivity index (χ0n) is 12.7. The Balaban J connectivity index is 1.92. The highest BCUT2D eigenvalue weighted by molar-refractivity contribution is 7.22. The van der Waals surface area contributed by atoms with Gasteiger partial charge in [-0.2, -0.15) is 0 Å². The first-order valence-electron chi connectivity index (χ1n) is 6.81. The van der Waals surface area contributed by atoms with Crippen LogP contribution in [0.15, 0.2) is 30.3 Å². The first-order valence-corrected chi connectivity index (χ1v) is 8.00. The Morgan fingerprint density at radius 3 is 2.62 bits per heavy atom. The average Bonchev–Trinajstić information content (AvgIpc) is 2.96. The molecule has 0 fully saturated rings. The van der Waals surface area contributed by atoms with Crippen LogP contribution in [-0.2, 0) is 0 Å². The Labute approximate surface area is 146 Å². The molecule has 5 nitrogen and oxygen atoms in total. The number of nitrogens with zero attached hydrogens (tertiary/aromatic N) is 1. The maximum absolute atomic E-state index is 13.8. The van der Waals surface area contributed by atoms with E-state index >= 15 is 0 Å². The number of rotatable bonds is 4. The monoisotopic (exact) mass is 366 g/mol. The quantitative estimate of drug-likeness (QED) is 0.745. The number of ether oxygens (including phenoxy) is 2. The van der Waals surface area contributed by atoms with Crippen molar-refractivity contribution in [3.8, 4) is 11.5 Å². The van der Waals surface area contributed by atoms with Crippen molar-refractivity contribution in [3.05, 3.63) is 46.7 Å². The fraction of sp³-hybridized carbons (Fsp3) is 0.125. The highest BCUT2D eigenvalue weighted by Crippen LogP contribution is 2.36. The summed E-state index contributed by atoms with van der Waals surface area (Å²) < 4.78 is 25.0. The molecule has 0 bridgehead atoms. The van der Waals surface area contributed by atoms with Gasteiger partial charge in [0.15, 0.2) is 16.6 Å². The third-order valence-corrected chi connectivity index (χ3v) is 4.46. The van der Waals surface area contributed by atoms with E-state index in [1.54, 1.807) is 12.1 Å². The molecule has 0 aliphatic rings. The molecule has 0 atom stereocenters. The second-order valence-corrected chi connectivity index (χ2v) is 6.24. The first-order chi connectivity index (χ1) is 11.5. The van der Waals surface area contributed by atoms with E-state index in [2.05, 4.69) is 10.3 Å². The molecule has 8 heteroatoms. The van der Waals surface area contributed by atoms with Crippen LogP contribution in [0.25, 0.3) is 10.2 Å². The lowest BCUT2D eigenvalue weighted by Gasteiger charge is -2.05. The summed E-state index contributed by atoms with van der Waals surface area (Å²) in [6.45, 7) is 0. The van der Waals surface area contributed by atoms with E-state index in [9.17, 15) is 9.18 Å². The molecule has 1 amide bonds. The molecule has 3 aromatic rings. The van der Waals surface area contributed by atoms with Gasteiger partial charge in [-0.1, -0.05) is 22.9 Å². The fourth-order valence-corrected chi connectivity index (χ4v) is 3.19. The summed E-state index contributed by atoms with van der Waals surface area (Å²) in [6, 6.07) is 7.27. The minimum atomic E-state index is -0.652. The number of aromatic nitrogens is 1. The van der Waals surface area contributed by atoms with Crippen LogP contribution in [0.3, 0.4) is 0 Å². The number of hydrogen-bond acceptors (Lipinski definition) is 5. The maximum atomic E-state index is 13.8. The van der Waals surface area contributed by atoms with Gasteiger partial charge in [0.25, 0.3) is 5.91 Å². The molecule has 1 aromatic heterocycles. The molecule has 0 radical (unpaired) electrons. The van der Waals surface area contributed by atoms with Crippen LogP contribution in [0.4, 0.5) is 9.52 Å². The summed E-state index contributed by atoms with van der Waals surface area (Å²) >= 11 is 7.05. The number of nitrogens with one attached hydrogen (secondary N) is 1. The standard InChI is InChI=1S/C16H12ClFN2O3S/c1-22-12-6-11-14(7-13(12)23-2)24-16(19-11)20-15(21)9-5-8(17)3-4-10(9)18/h3-7H,1-2H3,(H,19,20,21). The number of thiazole rings is 1. The Bertz CT molecular complexity index is 888. The molecule has 0 saturated heterocycles. The minimum absolute atomic E-state index is 0.142. The van der Waals surface area contributed by atoms with E-state index < -0.39 is 11.7 Å². The normalized spacial score (nSPS) is 10.7. The molecule has 1 heterocycles. The molecular weight excluding hydrogens is 355 g/mol. The molecule has 0 spiro atoms. The third kappa shape index (κ3) is 3.13. The van der Waals surface area contributed by atoms with Gasteiger partial charge in [0.2, 0.25) is 0 Å². The van der Waals surface area contributed by atoms with Gasteiger partial charge in [-0.3, -0.25) is 10.1 Å². The van der Waals surface area contributed by atoms with Gasteiger partial charge in [-0.15, -0.1) is 0 Å². The first kappa shape index (κ1) is 16.5. The van der Waals surface area contributed by atoms with E-state index in [1.165, 1.54) is 37.7 Å². The van der Waals surface area contributed by atoms with Crippen LogP contribution < -0.4 is 14.8 Å². The third-order valence-electron chi connectivity index (χ3n) is 3.29. The summed E-state index contributed by atoms with van der Waals surface area (Å²) in [6.07, 6.45) is 0. The lowest BCUT2D eigenvalue weighted by Crippen LogP contribution is -2.13. The SMILES string of the molecule is COc1cc2nc(NC(=O)c3cc(Cl)ccc3F)sc2cc1OC. The Hall–Kier alpha value is -2.38. The van der Waals surface area contributed by atoms with Crippen LogP contribution in [0.2, 0.25) is 5.02 Å². The topological polar surface area (TPSA) is 60.5 Å². The largest absolute Gasteiger partial charge is 0.493 e. The van der Waals surface area contributed by atoms with Gasteiger partial charge < -0.3 is 9.47 Å². The molecular formula is C16H12ClFN2O3S. The smallest absolute Gasteiger partial charge is 0.260 e. The van der Waals surface area contributed by atoms with E-state index in [1.807, 2.05) is 0 Å². The zero-order chi connectivity index (χ0) is 17.3. The van der Waals surface area contributed by atoms with Crippen molar-refractivity contribution in [2.75, 3.05) is 19.5 Å². The summed E-state index contributed by atoms with van der Waals surface area (Å²) in [5, 5.41) is 3.19. The lowest BCUT2D eigenvalue weighted by molar-refractivity contribution is 0.102. The summed E-state index contributed by atoms with van der Waals surface area (Å²) in [4.78, 5) is 16.5. The molecule has 0 aliphatic heterocycles. The number of carbonyl (C=O) groups excluding carboxylic acids is 1. The molecule has 24 heavy (non-hydrogen) atoms. The van der Waals surface area contributed by atoms with Gasteiger partial charge in [0.05, 0.1) is 30.0 Å². The van der Waals surface area contributed by atoms with Crippen LogP contribution in [-0.4, -0.2) is 25.1 Å². The summed E-state index contributed by atoms with van der Waals surface area (Å²) in [5.41, 5.74) is 0.497. The van der Waals surface area contributed by atoms with Crippen LogP contribution >= 0.6 is 22.9 Å². The average molecular weight is 367 g/mol. The minimum Gasteiger partial charge on any atom is -0.493 e. The summed E-state index contributed by atoms with van der Waals surface area (Å²) in [5.74, 6) is -0.171. The second kappa shape index (κ2) is 6.62. The number of amides is 1. The van der Waals surface area contributed by atoms with Gasteiger partial charge in [-0.25, -0.2) is 9.37 Å². The van der Waals surface area contributed by atoms with Crippen molar-refractivity contribution in [2.24, 2.45) is 0 Å². The van der Waals surface area contributed by atoms with E-state index in [0.717, 1.165) is 10.8 Å². The molecule has 0 unspecified atom stereocenters. The highest BCUT2D eigenvalue weighted by atomic mass is 35.5. The Morgan fingerprint density at radius 2 is 1.92 bits per heavy atom. The van der Waals surface area contributed by atoms with Crippen LogP contribution in [0, 0.1) is 5.82 Å². The number of halogens is 2. The van der Waals surface area contributed by atoms with Crippen molar-refractivity contribution < 1.29 is 18.7 Å². The number of benzene rings is 2. The van der Waals surface area contributed by atoms with Gasteiger partial charge >= 0.3 is 0 Å². The van der Waals surface area contributed by atoms with Crippen molar-refractivity contribution in [1.29, 1.82) is 0 Å². The summed E-state index contributed by atoms with van der Waals surface area (Å²) in [7, 11) is 3.07. The maximum Gasteiger partial charge on any atom is 0.260 e. The van der Waals surface area contributed by atoms with Gasteiger partial charge in [0, 0.05) is 17.2 Å². The Morgan fingerprint density at radius 1 is 1.21 bits per heavy atom. The number of hydrogen-bond donors (Lipinski definition) is 1. The van der Waals surface area contributed by atoms with E-state index in [0.29, 0.717) is 22.1 Å². The fourth-order valence-electron chi connectivity index (χ4n) is 2.14. The molecule has 2 aromatic carbocycles. The molecule has 3 rings (SSSR count). The van der Waals surface area contributed by atoms with Crippen molar-refractivity contribution in [2.45, 2.75) is 0 Å². The highest BCUT2D eigenvalue weighted by Gasteiger charge is 2.16.